The van der Waals surface area contributed by atoms with Crippen LogP contribution >= 0.6 is 9.19 Å². The van der Waals surface area contributed by atoms with Crippen molar-refractivity contribution in [1.82, 2.24) is 0 Å². The van der Waals surface area contributed by atoms with Gasteiger partial charge < -0.3 is 16.4 Å². The maximum atomic E-state index is 4.13. The Morgan fingerprint density at radius 1 is 0.857 bits per heavy atom. The fourth-order valence-electron chi connectivity index (χ4n) is 0. The zero-order chi connectivity index (χ0) is 2.00. The zero-order valence-electron chi connectivity index (χ0n) is 3.64. The van der Waals surface area contributed by atoms with Crippen LogP contribution in [-0.4, -0.2) is 61.9 Å². The molecule has 40 valence electrons. The number of rotatable bonds is 0. The van der Waals surface area contributed by atoms with Gasteiger partial charge in [0.25, 0.3) is 0 Å². The van der Waals surface area contributed by atoms with Gasteiger partial charge in [0.1, 0.15) is 0 Å². The van der Waals surface area contributed by atoms with Gasteiger partial charge >= 0.3 is 59.8 Å². The molecule has 0 aromatic carbocycles. The fourth-order valence-corrected chi connectivity index (χ4v) is 0. The van der Waals surface area contributed by atoms with Gasteiger partial charge in [-0.2, -0.15) is 0 Å². The molecule has 0 aliphatic rings. The summed E-state index contributed by atoms with van der Waals surface area (Å²) in [6, 6.07) is 0. The van der Waals surface area contributed by atoms with Crippen LogP contribution in [0.5, 0.6) is 0 Å². The Kier molecular flexibility index (Phi) is 531. The van der Waals surface area contributed by atoms with Gasteiger partial charge in [-0.05, 0) is 0 Å². The molecule has 0 heterocycles. The van der Waals surface area contributed by atoms with E-state index in [0.717, 1.165) is 0 Å². The molecular weight excluding hydrogens is 347 g/mol. The van der Waals surface area contributed by atoms with E-state index in [4.69, 9.17) is 0 Å². The smallest absolute Gasteiger partial charge is 0 e. The van der Waals surface area contributed by atoms with Gasteiger partial charge in [0.05, 0.1) is 0 Å². The Hall–Kier alpha value is 2.74. The van der Waals surface area contributed by atoms with Crippen molar-refractivity contribution in [2.45, 2.75) is 0 Å². The summed E-state index contributed by atoms with van der Waals surface area (Å²) in [5.74, 6) is 0. The van der Waals surface area contributed by atoms with E-state index in [9.17, 15) is 0 Å². The van der Waals surface area contributed by atoms with E-state index in [1.807, 2.05) is 0 Å². The summed E-state index contributed by atoms with van der Waals surface area (Å²) < 4.78 is 0. The molecule has 7 heteroatoms. The molecule has 0 spiro atoms. The van der Waals surface area contributed by atoms with Crippen LogP contribution in [0, 0.1) is 0 Å². The second kappa shape index (κ2) is 69.8. The topological polar surface area (TPSA) is 90.0 Å². The molecule has 0 aliphatic heterocycles. The van der Waals surface area contributed by atoms with Crippen molar-refractivity contribution < 1.29 is 46.0 Å². The van der Waals surface area contributed by atoms with Crippen molar-refractivity contribution >= 4 is 54.7 Å². The van der Waals surface area contributed by atoms with E-state index in [0.29, 0.717) is 0 Å². The van der Waals surface area contributed by atoms with Crippen molar-refractivity contribution in [1.29, 1.82) is 0 Å². The van der Waals surface area contributed by atoms with E-state index in [-0.39, 0.29) is 70.4 Å². The average molecular weight is 350 g/mol. The second-order valence-corrected chi connectivity index (χ2v) is 0. The van der Waals surface area contributed by atoms with E-state index in [2.05, 4.69) is 9.19 Å². The van der Waals surface area contributed by atoms with Crippen LogP contribution in [0.25, 0.3) is 0 Å². The molecule has 0 atom stereocenters. The predicted octanol–water partition coefficient (Wildman–Crippen LogP) is -3.64. The molecule has 0 aliphatic carbocycles. The number of hydrogen-bond acceptors (Lipinski definition) is 4. The van der Waals surface area contributed by atoms with Crippen molar-refractivity contribution in [2.75, 3.05) is 0 Å². The minimum Gasteiger partial charge on any atom is 0 e. The fraction of sp³-hybridized carbons (Fsp3) is 0. The third kappa shape index (κ3) is 52.9. The van der Waals surface area contributed by atoms with E-state index < -0.39 is 0 Å². The molecule has 0 aromatic heterocycles. The zero-order valence-corrected chi connectivity index (χ0v) is 11.6. The molecule has 0 saturated carbocycles. The molecule has 7 heavy (non-hydrogen) atoms. The minimum absolute atomic E-state index is 0. The second-order valence-electron chi connectivity index (χ2n) is 0. The molecule has 0 unspecified atom stereocenters. The van der Waals surface area contributed by atoms with E-state index in [1.165, 1.54) is 21.1 Å². The van der Waals surface area contributed by atoms with Crippen molar-refractivity contribution in [3.8, 4) is 0 Å². The monoisotopic (exact) mass is 348 g/mol. The molecule has 0 bridgehead atoms. The summed E-state index contributed by atoms with van der Waals surface area (Å²) >= 11 is 1.33. The largest absolute Gasteiger partial charge is 0 e. The van der Waals surface area contributed by atoms with Crippen LogP contribution < -0.4 is 29.6 Å². The molecule has 0 fully saturated rings. The van der Waals surface area contributed by atoms with Gasteiger partial charge in [-0.1, -0.05) is 0 Å². The Morgan fingerprint density at radius 3 is 0.857 bits per heavy atom. The van der Waals surface area contributed by atoms with Crippen LogP contribution in [0.2, 0.25) is 0 Å². The maximum Gasteiger partial charge on any atom is 0 e. The average Bonchev–Trinajstić information content (AvgIpc) is 1.00. The summed E-state index contributed by atoms with van der Waals surface area (Å²) in [6.45, 7) is 0. The van der Waals surface area contributed by atoms with Crippen LogP contribution in [0.3, 0.4) is 0 Å². The summed E-state index contributed by atoms with van der Waals surface area (Å²) in [5.41, 5.74) is 0. The van der Waals surface area contributed by atoms with Crippen molar-refractivity contribution in [3.63, 3.8) is 0 Å². The Balaban J connectivity index is -0.000000000500. The quantitative estimate of drug-likeness (QED) is 0.422. The Labute approximate surface area is 98.9 Å². The maximum absolute atomic E-state index is 4.13. The first-order chi connectivity index (χ1) is 1.00. The number of hydrogen-bond donors (Lipinski definition) is 0. The SMILES string of the molecule is [Na+].[OH-].[OH-].[OH-].[S]=[Sb].[Sb]. The summed E-state index contributed by atoms with van der Waals surface area (Å²) in [5, 5.41) is 0. The van der Waals surface area contributed by atoms with E-state index in [1.54, 1.807) is 0 Å². The molecule has 0 rings (SSSR count). The van der Waals surface area contributed by atoms with Crippen LogP contribution in [0.1, 0.15) is 0 Å². The first-order valence-corrected chi connectivity index (χ1v) is 3.67. The Bertz CT molecular complexity index is 12.9. The molecule has 0 saturated heterocycles. The van der Waals surface area contributed by atoms with Gasteiger partial charge in [0, 0.05) is 24.4 Å². The van der Waals surface area contributed by atoms with Crippen LogP contribution in [0.4, 0.5) is 0 Å². The first kappa shape index (κ1) is 53.2. The standard InChI is InChI=1S/Na.3H2O.S.2Sb/h;3*1H2;;;/q+1;;;;;;/p-3. The summed E-state index contributed by atoms with van der Waals surface area (Å²) in [7, 11) is 4.13. The van der Waals surface area contributed by atoms with E-state index >= 15 is 0 Å². The van der Waals surface area contributed by atoms with Crippen molar-refractivity contribution in [3.05, 3.63) is 0 Å². The molecule has 0 aromatic rings. The third-order valence-electron chi connectivity index (χ3n) is 0. The van der Waals surface area contributed by atoms with Crippen molar-refractivity contribution in [2.24, 2.45) is 0 Å². The summed E-state index contributed by atoms with van der Waals surface area (Å²) in [4.78, 5) is 0. The molecule has 0 amide bonds. The third-order valence-corrected chi connectivity index (χ3v) is 0. The summed E-state index contributed by atoms with van der Waals surface area (Å²) in [6.07, 6.45) is 0. The van der Waals surface area contributed by atoms with Gasteiger partial charge in [0.2, 0.25) is 0 Å². The normalized spacial score (nSPS) is 0.571. The van der Waals surface area contributed by atoms with Crippen LogP contribution in [0.15, 0.2) is 0 Å². The Morgan fingerprint density at radius 2 is 0.857 bits per heavy atom. The molecule has 3 N–H and O–H groups in total. The van der Waals surface area contributed by atoms with Crippen LogP contribution in [-0.2, 0) is 0 Å². The van der Waals surface area contributed by atoms with Gasteiger partial charge in [-0.3, -0.25) is 0 Å². The van der Waals surface area contributed by atoms with Gasteiger partial charge in [-0.15, -0.1) is 0 Å². The molecule has 4 radical (unpaired) electrons. The van der Waals surface area contributed by atoms with Gasteiger partial charge in [0.15, 0.2) is 0 Å². The first-order valence-electron chi connectivity index (χ1n) is 0.183. The minimum atomic E-state index is 0. The van der Waals surface area contributed by atoms with Gasteiger partial charge in [-0.25, -0.2) is 0 Å². The predicted molar refractivity (Wildman–Crippen MR) is 24.9 cm³/mol. The molecular formula is H3NaO3SSb2-2. The molecule has 3 nitrogen and oxygen atoms in total.